The van der Waals surface area contributed by atoms with Gasteiger partial charge in [-0.15, -0.1) is 0 Å². The molecule has 3 aromatic rings. The number of rotatable bonds is 2. The van der Waals surface area contributed by atoms with Gasteiger partial charge < -0.3 is 10.7 Å². The zero-order valence-corrected chi connectivity index (χ0v) is 10.9. The van der Waals surface area contributed by atoms with Crippen LogP contribution in [0.2, 0.25) is 0 Å². The molecular formula is C16H13FN2O. The minimum absolute atomic E-state index is 0.173. The SMILES string of the molecule is Cc1ccc(C(=O)c2c[nH]c3ccc(F)cc23)cc1N. The van der Waals surface area contributed by atoms with E-state index >= 15 is 0 Å². The van der Waals surface area contributed by atoms with E-state index < -0.39 is 0 Å². The number of fused-ring (bicyclic) bond motifs is 1. The van der Waals surface area contributed by atoms with Crippen molar-refractivity contribution < 1.29 is 9.18 Å². The van der Waals surface area contributed by atoms with Gasteiger partial charge in [0.1, 0.15) is 5.82 Å². The van der Waals surface area contributed by atoms with Crippen molar-refractivity contribution in [2.75, 3.05) is 5.73 Å². The Morgan fingerprint density at radius 3 is 2.75 bits per heavy atom. The molecule has 2 aromatic carbocycles. The van der Waals surface area contributed by atoms with Crippen molar-refractivity contribution >= 4 is 22.4 Å². The van der Waals surface area contributed by atoms with Crippen LogP contribution in [0, 0.1) is 12.7 Å². The number of H-pyrrole nitrogens is 1. The molecule has 0 aliphatic rings. The Kier molecular flexibility index (Phi) is 2.79. The summed E-state index contributed by atoms with van der Waals surface area (Å²) in [5.41, 5.74) is 9.00. The van der Waals surface area contributed by atoms with Crippen LogP contribution in [0.15, 0.2) is 42.6 Å². The number of halogens is 1. The second-order valence-electron chi connectivity index (χ2n) is 4.79. The minimum atomic E-state index is -0.366. The summed E-state index contributed by atoms with van der Waals surface area (Å²) in [6.45, 7) is 1.88. The number of nitrogens with one attached hydrogen (secondary N) is 1. The molecule has 0 unspecified atom stereocenters. The molecule has 0 saturated carbocycles. The van der Waals surface area contributed by atoms with Gasteiger partial charge in [-0.3, -0.25) is 4.79 Å². The van der Waals surface area contributed by atoms with Gasteiger partial charge in [0.15, 0.2) is 5.78 Å². The van der Waals surface area contributed by atoms with Gasteiger partial charge in [0, 0.05) is 33.9 Å². The first-order chi connectivity index (χ1) is 9.56. The second-order valence-corrected chi connectivity index (χ2v) is 4.79. The average molecular weight is 268 g/mol. The number of ketones is 1. The predicted octanol–water partition coefficient (Wildman–Crippen LogP) is 3.43. The number of benzene rings is 2. The molecule has 0 bridgehead atoms. The Morgan fingerprint density at radius 1 is 1.20 bits per heavy atom. The number of aromatic nitrogens is 1. The number of carbonyl (C=O) groups excluding carboxylic acids is 1. The standard InChI is InChI=1S/C16H13FN2O/c1-9-2-3-10(6-14(9)18)16(20)13-8-19-15-5-4-11(17)7-12(13)15/h2-8,19H,18H2,1H3. The molecule has 0 aliphatic carbocycles. The highest BCUT2D eigenvalue weighted by Gasteiger charge is 2.15. The molecule has 0 aliphatic heterocycles. The Bertz CT molecular complexity index is 820. The van der Waals surface area contributed by atoms with E-state index in [9.17, 15) is 9.18 Å². The van der Waals surface area contributed by atoms with Gasteiger partial charge in [0.05, 0.1) is 0 Å². The molecule has 4 heteroatoms. The topological polar surface area (TPSA) is 58.9 Å². The summed E-state index contributed by atoms with van der Waals surface area (Å²) >= 11 is 0. The molecule has 3 nitrogen and oxygen atoms in total. The molecule has 1 aromatic heterocycles. The third-order valence-electron chi connectivity index (χ3n) is 3.43. The first-order valence-electron chi connectivity index (χ1n) is 6.24. The van der Waals surface area contributed by atoms with Crippen molar-refractivity contribution in [3.63, 3.8) is 0 Å². The zero-order valence-electron chi connectivity index (χ0n) is 10.9. The van der Waals surface area contributed by atoms with E-state index in [1.54, 1.807) is 30.5 Å². The Balaban J connectivity index is 2.12. The number of aryl methyl sites for hydroxylation is 1. The lowest BCUT2D eigenvalue weighted by molar-refractivity contribution is 0.104. The smallest absolute Gasteiger partial charge is 0.195 e. The number of hydrogen-bond donors (Lipinski definition) is 2. The summed E-state index contributed by atoms with van der Waals surface area (Å²) in [4.78, 5) is 15.5. The van der Waals surface area contributed by atoms with E-state index in [4.69, 9.17) is 5.73 Å². The molecule has 0 fully saturated rings. The number of nitrogens with two attached hydrogens (primary N) is 1. The molecule has 0 radical (unpaired) electrons. The van der Waals surface area contributed by atoms with Gasteiger partial charge in [0.2, 0.25) is 0 Å². The van der Waals surface area contributed by atoms with Crippen LogP contribution in [0.4, 0.5) is 10.1 Å². The summed E-state index contributed by atoms with van der Waals surface area (Å²) in [5.74, 6) is -0.539. The number of anilines is 1. The molecular weight excluding hydrogens is 255 g/mol. The lowest BCUT2D eigenvalue weighted by atomic mass is 10.0. The Labute approximate surface area is 115 Å². The van der Waals surface area contributed by atoms with E-state index in [1.807, 2.05) is 6.92 Å². The highest BCUT2D eigenvalue weighted by molar-refractivity contribution is 6.16. The first kappa shape index (κ1) is 12.4. The molecule has 0 spiro atoms. The van der Waals surface area contributed by atoms with Gasteiger partial charge >= 0.3 is 0 Å². The fourth-order valence-corrected chi connectivity index (χ4v) is 2.22. The number of hydrogen-bond acceptors (Lipinski definition) is 2. The van der Waals surface area contributed by atoms with Crippen molar-refractivity contribution in [1.29, 1.82) is 0 Å². The van der Waals surface area contributed by atoms with Crippen LogP contribution < -0.4 is 5.73 Å². The summed E-state index contributed by atoms with van der Waals surface area (Å²) in [5, 5.41) is 0.578. The molecule has 3 N–H and O–H groups in total. The summed E-state index contributed by atoms with van der Waals surface area (Å²) in [6, 6.07) is 9.51. The van der Waals surface area contributed by atoms with Crippen LogP contribution in [0.1, 0.15) is 21.5 Å². The molecule has 0 saturated heterocycles. The minimum Gasteiger partial charge on any atom is -0.398 e. The van der Waals surface area contributed by atoms with Gasteiger partial charge in [-0.25, -0.2) is 4.39 Å². The van der Waals surface area contributed by atoms with Gasteiger partial charge in [-0.05, 0) is 36.8 Å². The average Bonchev–Trinajstić information content (AvgIpc) is 2.84. The molecule has 1 heterocycles. The maximum atomic E-state index is 13.3. The molecule has 100 valence electrons. The largest absolute Gasteiger partial charge is 0.398 e. The summed E-state index contributed by atoms with van der Waals surface area (Å²) in [7, 11) is 0. The van der Waals surface area contributed by atoms with Crippen LogP contribution in [-0.2, 0) is 0 Å². The van der Waals surface area contributed by atoms with Crippen molar-refractivity contribution in [3.05, 3.63) is 65.1 Å². The van der Waals surface area contributed by atoms with Gasteiger partial charge in [0.25, 0.3) is 0 Å². The van der Waals surface area contributed by atoms with Crippen LogP contribution in [-0.4, -0.2) is 10.8 Å². The predicted molar refractivity (Wildman–Crippen MR) is 77.3 cm³/mol. The highest BCUT2D eigenvalue weighted by Crippen LogP contribution is 2.23. The fraction of sp³-hybridized carbons (Fsp3) is 0.0625. The summed E-state index contributed by atoms with van der Waals surface area (Å²) in [6.07, 6.45) is 1.60. The van der Waals surface area contributed by atoms with Crippen LogP contribution in [0.3, 0.4) is 0 Å². The van der Waals surface area contributed by atoms with Gasteiger partial charge in [-0.2, -0.15) is 0 Å². The van der Waals surface area contributed by atoms with E-state index in [2.05, 4.69) is 4.98 Å². The normalized spacial score (nSPS) is 10.9. The molecule has 0 amide bonds. The summed E-state index contributed by atoms with van der Waals surface area (Å²) < 4.78 is 13.3. The number of aromatic amines is 1. The van der Waals surface area contributed by atoms with Crippen molar-refractivity contribution in [2.45, 2.75) is 6.92 Å². The number of carbonyl (C=O) groups is 1. The van der Waals surface area contributed by atoms with Crippen LogP contribution in [0.25, 0.3) is 10.9 Å². The Morgan fingerprint density at radius 2 is 2.00 bits per heavy atom. The second kappa shape index (κ2) is 4.49. The fourth-order valence-electron chi connectivity index (χ4n) is 2.22. The van der Waals surface area contributed by atoms with Crippen molar-refractivity contribution in [2.24, 2.45) is 0 Å². The van der Waals surface area contributed by atoms with Crippen molar-refractivity contribution in [1.82, 2.24) is 4.98 Å². The van der Waals surface area contributed by atoms with E-state index in [-0.39, 0.29) is 11.6 Å². The number of nitrogen functional groups attached to an aromatic ring is 1. The van der Waals surface area contributed by atoms with Crippen LogP contribution >= 0.6 is 0 Å². The maximum Gasteiger partial charge on any atom is 0.195 e. The Hall–Kier alpha value is -2.62. The lowest BCUT2D eigenvalue weighted by Crippen LogP contribution is -2.02. The third kappa shape index (κ3) is 1.95. The quantitative estimate of drug-likeness (QED) is 0.552. The van der Waals surface area contributed by atoms with Crippen molar-refractivity contribution in [3.8, 4) is 0 Å². The van der Waals surface area contributed by atoms with Crippen LogP contribution in [0.5, 0.6) is 0 Å². The van der Waals surface area contributed by atoms with Gasteiger partial charge in [-0.1, -0.05) is 12.1 Å². The molecule has 3 rings (SSSR count). The van der Waals surface area contributed by atoms with E-state index in [1.165, 1.54) is 12.1 Å². The first-order valence-corrected chi connectivity index (χ1v) is 6.24. The molecule has 20 heavy (non-hydrogen) atoms. The van der Waals surface area contributed by atoms with E-state index in [0.717, 1.165) is 11.1 Å². The zero-order chi connectivity index (χ0) is 14.3. The third-order valence-corrected chi connectivity index (χ3v) is 3.43. The maximum absolute atomic E-state index is 13.3. The molecule has 0 atom stereocenters. The monoisotopic (exact) mass is 268 g/mol. The highest BCUT2D eigenvalue weighted by atomic mass is 19.1. The lowest BCUT2D eigenvalue weighted by Gasteiger charge is -2.04. The van der Waals surface area contributed by atoms with E-state index in [0.29, 0.717) is 22.2 Å².